The molecule has 1 aliphatic carbocycles. The van der Waals surface area contributed by atoms with E-state index in [1.807, 2.05) is 0 Å². The predicted octanol–water partition coefficient (Wildman–Crippen LogP) is 2.06. The van der Waals surface area contributed by atoms with Crippen molar-refractivity contribution in [3.63, 3.8) is 0 Å². The molecule has 0 unspecified atom stereocenters. The Morgan fingerprint density at radius 1 is 1.38 bits per heavy atom. The fourth-order valence-corrected chi connectivity index (χ4v) is 2.55. The van der Waals surface area contributed by atoms with Crippen LogP contribution in [0.3, 0.4) is 0 Å². The number of methoxy groups -OCH3 is 1. The van der Waals surface area contributed by atoms with Gasteiger partial charge in [0.05, 0.1) is 19.2 Å². The number of rotatable bonds is 4. The van der Waals surface area contributed by atoms with E-state index in [4.69, 9.17) is 9.84 Å². The Kier molecular flexibility index (Phi) is 4.72. The van der Waals surface area contributed by atoms with Gasteiger partial charge in [0.25, 0.3) is 0 Å². The lowest BCUT2D eigenvalue weighted by molar-refractivity contribution is -0.146. The van der Waals surface area contributed by atoms with Gasteiger partial charge in [-0.1, -0.05) is 0 Å². The zero-order chi connectivity index (χ0) is 15.4. The number of hydrogen-bond acceptors (Lipinski definition) is 5. The van der Waals surface area contributed by atoms with Crippen LogP contribution in [0.25, 0.3) is 0 Å². The second-order valence-corrected chi connectivity index (χ2v) is 5.07. The smallest absolute Gasteiger partial charge is 0.339 e. The van der Waals surface area contributed by atoms with E-state index in [2.05, 4.69) is 10.3 Å². The first-order valence-electron chi connectivity index (χ1n) is 6.74. The molecule has 0 saturated heterocycles. The molecule has 0 amide bonds. The van der Waals surface area contributed by atoms with Crippen molar-refractivity contribution < 1.29 is 23.8 Å². The summed E-state index contributed by atoms with van der Waals surface area (Å²) in [4.78, 5) is 26.3. The number of ether oxygens (including phenoxy) is 1. The number of halogens is 1. The maximum Gasteiger partial charge on any atom is 0.339 e. The lowest BCUT2D eigenvalue weighted by Gasteiger charge is -2.28. The van der Waals surface area contributed by atoms with Crippen molar-refractivity contribution in [3.05, 3.63) is 23.6 Å². The number of carboxylic acid groups (broad SMARTS) is 1. The maximum atomic E-state index is 13.1. The van der Waals surface area contributed by atoms with E-state index in [0.717, 1.165) is 12.3 Å². The largest absolute Gasteiger partial charge is 0.478 e. The van der Waals surface area contributed by atoms with Gasteiger partial charge in [-0.25, -0.2) is 14.2 Å². The van der Waals surface area contributed by atoms with Gasteiger partial charge in [0.2, 0.25) is 0 Å². The van der Waals surface area contributed by atoms with E-state index >= 15 is 0 Å². The number of anilines is 1. The predicted molar refractivity (Wildman–Crippen MR) is 72.5 cm³/mol. The molecule has 1 aliphatic rings. The molecule has 0 aromatic carbocycles. The third-order valence-electron chi connectivity index (χ3n) is 3.69. The van der Waals surface area contributed by atoms with Gasteiger partial charge in [0.1, 0.15) is 17.2 Å². The summed E-state index contributed by atoms with van der Waals surface area (Å²) in [5.41, 5.74) is -0.190. The highest BCUT2D eigenvalue weighted by molar-refractivity contribution is 5.93. The Morgan fingerprint density at radius 3 is 2.62 bits per heavy atom. The standard InChI is InChI=1S/C14H17FN2O4/c1-21-14(20)8-2-4-10(5-3-8)17-12-11(13(18)19)6-9(15)7-16-12/h6-8,10H,2-5H2,1H3,(H,16,17)(H,18,19)/t8-,10-. The molecule has 1 aromatic heterocycles. The number of hydrogen-bond donors (Lipinski definition) is 2. The van der Waals surface area contributed by atoms with Crippen LogP contribution >= 0.6 is 0 Å². The minimum absolute atomic E-state index is 0.0157. The molecule has 1 fully saturated rings. The lowest BCUT2D eigenvalue weighted by Crippen LogP contribution is -2.30. The molecule has 2 N–H and O–H groups in total. The summed E-state index contributed by atoms with van der Waals surface area (Å²) < 4.78 is 17.8. The van der Waals surface area contributed by atoms with Gasteiger partial charge < -0.3 is 15.2 Å². The first kappa shape index (κ1) is 15.2. The molecular formula is C14H17FN2O4. The van der Waals surface area contributed by atoms with Crippen molar-refractivity contribution in [2.24, 2.45) is 5.92 Å². The van der Waals surface area contributed by atoms with E-state index in [-0.39, 0.29) is 29.3 Å². The normalized spacial score (nSPS) is 21.6. The van der Waals surface area contributed by atoms with Crippen LogP contribution in [0.2, 0.25) is 0 Å². The van der Waals surface area contributed by atoms with E-state index in [1.54, 1.807) is 0 Å². The Hall–Kier alpha value is -2.18. The molecule has 1 heterocycles. The zero-order valence-electron chi connectivity index (χ0n) is 11.6. The number of esters is 1. The van der Waals surface area contributed by atoms with Gasteiger partial charge in [-0.2, -0.15) is 0 Å². The number of nitrogens with one attached hydrogen (secondary N) is 1. The second-order valence-electron chi connectivity index (χ2n) is 5.07. The summed E-state index contributed by atoms with van der Waals surface area (Å²) in [5.74, 6) is -2.07. The average Bonchev–Trinajstić information content (AvgIpc) is 2.49. The topological polar surface area (TPSA) is 88.5 Å². The molecule has 0 spiro atoms. The monoisotopic (exact) mass is 296 g/mol. The van der Waals surface area contributed by atoms with Crippen LogP contribution in [0.15, 0.2) is 12.3 Å². The fraction of sp³-hybridized carbons (Fsp3) is 0.500. The Morgan fingerprint density at radius 2 is 2.05 bits per heavy atom. The minimum Gasteiger partial charge on any atom is -0.478 e. The number of pyridine rings is 1. The van der Waals surface area contributed by atoms with Crippen LogP contribution in [0, 0.1) is 11.7 Å². The molecule has 21 heavy (non-hydrogen) atoms. The first-order chi connectivity index (χ1) is 10.0. The van der Waals surface area contributed by atoms with Gasteiger partial charge in [0.15, 0.2) is 0 Å². The summed E-state index contributed by atoms with van der Waals surface area (Å²) in [5, 5.41) is 12.1. The third-order valence-corrected chi connectivity index (χ3v) is 3.69. The van der Waals surface area contributed by atoms with E-state index in [9.17, 15) is 14.0 Å². The molecule has 0 aliphatic heterocycles. The summed E-state index contributed by atoms with van der Waals surface area (Å²) >= 11 is 0. The Labute approximate surface area is 121 Å². The Balaban J connectivity index is 2.01. The highest BCUT2D eigenvalue weighted by Crippen LogP contribution is 2.28. The summed E-state index contributed by atoms with van der Waals surface area (Å²) in [6.45, 7) is 0. The van der Waals surface area contributed by atoms with Gasteiger partial charge in [-0.15, -0.1) is 0 Å². The van der Waals surface area contributed by atoms with Gasteiger partial charge in [-0.05, 0) is 31.7 Å². The van der Waals surface area contributed by atoms with Crippen LogP contribution in [-0.4, -0.2) is 35.2 Å². The highest BCUT2D eigenvalue weighted by Gasteiger charge is 2.27. The number of nitrogens with zero attached hydrogens (tertiary/aromatic N) is 1. The highest BCUT2D eigenvalue weighted by atomic mass is 19.1. The summed E-state index contributed by atoms with van der Waals surface area (Å²) in [6.07, 6.45) is 3.74. The summed E-state index contributed by atoms with van der Waals surface area (Å²) in [6, 6.07) is 0.958. The van der Waals surface area contributed by atoms with Crippen LogP contribution in [0.4, 0.5) is 10.2 Å². The van der Waals surface area contributed by atoms with E-state index in [1.165, 1.54) is 7.11 Å². The van der Waals surface area contributed by atoms with Crippen molar-refractivity contribution in [1.29, 1.82) is 0 Å². The van der Waals surface area contributed by atoms with Crippen molar-refractivity contribution >= 4 is 17.8 Å². The molecule has 0 atom stereocenters. The number of carboxylic acids is 1. The molecule has 6 nitrogen and oxygen atoms in total. The summed E-state index contributed by atoms with van der Waals surface area (Å²) in [7, 11) is 1.37. The molecule has 1 saturated carbocycles. The molecule has 0 radical (unpaired) electrons. The number of carbonyl (C=O) groups is 2. The quantitative estimate of drug-likeness (QED) is 0.827. The van der Waals surface area contributed by atoms with Crippen molar-refractivity contribution in [2.45, 2.75) is 31.7 Å². The first-order valence-corrected chi connectivity index (χ1v) is 6.74. The minimum atomic E-state index is -1.23. The van der Waals surface area contributed by atoms with Crippen molar-refractivity contribution in [2.75, 3.05) is 12.4 Å². The molecule has 2 rings (SSSR count). The SMILES string of the molecule is COC(=O)[C@H]1CC[C@H](Nc2ncc(F)cc2C(=O)O)CC1. The van der Waals surface area contributed by atoms with Crippen LogP contribution in [0.1, 0.15) is 36.0 Å². The van der Waals surface area contributed by atoms with Crippen LogP contribution in [0.5, 0.6) is 0 Å². The Bertz CT molecular complexity index is 542. The van der Waals surface area contributed by atoms with E-state index < -0.39 is 11.8 Å². The number of aromatic nitrogens is 1. The number of aromatic carboxylic acids is 1. The fourth-order valence-electron chi connectivity index (χ4n) is 2.55. The number of carbonyl (C=O) groups excluding carboxylic acids is 1. The van der Waals surface area contributed by atoms with Gasteiger partial charge >= 0.3 is 11.9 Å². The molecular weight excluding hydrogens is 279 g/mol. The molecule has 7 heteroatoms. The second kappa shape index (κ2) is 6.51. The van der Waals surface area contributed by atoms with Crippen LogP contribution in [-0.2, 0) is 9.53 Å². The molecule has 114 valence electrons. The van der Waals surface area contributed by atoms with Crippen molar-refractivity contribution in [3.8, 4) is 0 Å². The molecule has 0 bridgehead atoms. The van der Waals surface area contributed by atoms with Gasteiger partial charge in [0, 0.05) is 6.04 Å². The van der Waals surface area contributed by atoms with Crippen LogP contribution < -0.4 is 5.32 Å². The van der Waals surface area contributed by atoms with E-state index in [0.29, 0.717) is 25.7 Å². The average molecular weight is 296 g/mol. The molecule has 1 aromatic rings. The zero-order valence-corrected chi connectivity index (χ0v) is 11.6. The maximum absolute atomic E-state index is 13.1. The lowest BCUT2D eigenvalue weighted by atomic mass is 9.86. The third kappa shape index (κ3) is 3.68. The van der Waals surface area contributed by atoms with Gasteiger partial charge in [-0.3, -0.25) is 4.79 Å². The van der Waals surface area contributed by atoms with Crippen molar-refractivity contribution in [1.82, 2.24) is 4.98 Å².